The van der Waals surface area contributed by atoms with E-state index in [0.717, 1.165) is 24.2 Å². The molecular weight excluding hydrogens is 202 g/mol. The van der Waals surface area contributed by atoms with E-state index >= 15 is 0 Å². The molecule has 0 unspecified atom stereocenters. The van der Waals surface area contributed by atoms with Gasteiger partial charge in [-0.1, -0.05) is 6.07 Å². The molecule has 2 rings (SSSR count). The van der Waals surface area contributed by atoms with Crippen molar-refractivity contribution in [2.45, 2.75) is 13.5 Å². The molecule has 16 heavy (non-hydrogen) atoms. The quantitative estimate of drug-likeness (QED) is 0.847. The van der Waals surface area contributed by atoms with Crippen molar-refractivity contribution >= 4 is 11.1 Å². The average molecular weight is 219 g/mol. The van der Waals surface area contributed by atoms with Gasteiger partial charge < -0.3 is 15.1 Å². The highest BCUT2D eigenvalue weighted by molar-refractivity contribution is 5.73. The standard InChI is InChI=1S/C12H17N3O/c1-9-14-11-7-10(3-4-12(11)16-9)8-15(2)6-5-13/h3-4,7H,5-6,8,13H2,1-2H3. The SMILES string of the molecule is Cc1nc2cc(CN(C)CCN)ccc2o1. The number of nitrogens with zero attached hydrogens (tertiary/aromatic N) is 2. The van der Waals surface area contributed by atoms with Crippen LogP contribution in [0, 0.1) is 6.92 Å². The van der Waals surface area contributed by atoms with E-state index in [4.69, 9.17) is 10.2 Å². The molecule has 1 aromatic carbocycles. The first-order valence-corrected chi connectivity index (χ1v) is 5.43. The highest BCUT2D eigenvalue weighted by Crippen LogP contribution is 2.17. The number of benzene rings is 1. The fraction of sp³-hybridized carbons (Fsp3) is 0.417. The smallest absolute Gasteiger partial charge is 0.192 e. The Balaban J connectivity index is 2.18. The van der Waals surface area contributed by atoms with Crippen molar-refractivity contribution in [3.8, 4) is 0 Å². The Morgan fingerprint density at radius 2 is 2.25 bits per heavy atom. The summed E-state index contributed by atoms with van der Waals surface area (Å²) in [7, 11) is 2.06. The molecule has 4 heteroatoms. The van der Waals surface area contributed by atoms with Crippen molar-refractivity contribution in [1.82, 2.24) is 9.88 Å². The fourth-order valence-electron chi connectivity index (χ4n) is 1.80. The minimum Gasteiger partial charge on any atom is -0.441 e. The van der Waals surface area contributed by atoms with E-state index in [2.05, 4.69) is 29.1 Å². The predicted octanol–water partition coefficient (Wildman–Crippen LogP) is 1.53. The van der Waals surface area contributed by atoms with Crippen LogP contribution in [0.1, 0.15) is 11.5 Å². The Morgan fingerprint density at radius 3 is 3.00 bits per heavy atom. The number of likely N-dealkylation sites (N-methyl/N-ethyl adjacent to an activating group) is 1. The van der Waals surface area contributed by atoms with Crippen LogP contribution < -0.4 is 5.73 Å². The summed E-state index contributed by atoms with van der Waals surface area (Å²) in [5.74, 6) is 0.711. The number of aryl methyl sites for hydroxylation is 1. The summed E-state index contributed by atoms with van der Waals surface area (Å²) in [6, 6.07) is 6.11. The summed E-state index contributed by atoms with van der Waals surface area (Å²) in [5.41, 5.74) is 8.52. The van der Waals surface area contributed by atoms with Gasteiger partial charge in [-0.3, -0.25) is 0 Å². The van der Waals surface area contributed by atoms with E-state index in [0.29, 0.717) is 12.4 Å². The Bertz CT molecular complexity index is 478. The van der Waals surface area contributed by atoms with Crippen molar-refractivity contribution in [2.75, 3.05) is 20.1 Å². The zero-order valence-electron chi connectivity index (χ0n) is 9.73. The molecule has 4 nitrogen and oxygen atoms in total. The Labute approximate surface area is 95.1 Å². The minimum atomic E-state index is 0.682. The predicted molar refractivity (Wildman–Crippen MR) is 64.1 cm³/mol. The number of nitrogens with two attached hydrogens (primary N) is 1. The van der Waals surface area contributed by atoms with E-state index in [9.17, 15) is 0 Å². The Morgan fingerprint density at radius 1 is 1.44 bits per heavy atom. The number of hydrogen-bond acceptors (Lipinski definition) is 4. The maximum atomic E-state index is 5.51. The van der Waals surface area contributed by atoms with Crippen molar-refractivity contribution in [1.29, 1.82) is 0 Å². The lowest BCUT2D eigenvalue weighted by molar-refractivity contribution is 0.336. The van der Waals surface area contributed by atoms with Crippen LogP contribution in [0.2, 0.25) is 0 Å². The monoisotopic (exact) mass is 219 g/mol. The summed E-state index contributed by atoms with van der Waals surface area (Å²) in [6.07, 6.45) is 0. The lowest BCUT2D eigenvalue weighted by Crippen LogP contribution is -2.24. The second-order valence-corrected chi connectivity index (χ2v) is 4.06. The van der Waals surface area contributed by atoms with Gasteiger partial charge in [0.25, 0.3) is 0 Å². The van der Waals surface area contributed by atoms with Crippen LogP contribution in [-0.4, -0.2) is 30.0 Å². The first-order valence-electron chi connectivity index (χ1n) is 5.43. The van der Waals surface area contributed by atoms with Gasteiger partial charge >= 0.3 is 0 Å². The molecule has 0 saturated heterocycles. The van der Waals surface area contributed by atoms with E-state index in [1.165, 1.54) is 5.56 Å². The van der Waals surface area contributed by atoms with Crippen LogP contribution in [0.5, 0.6) is 0 Å². The first kappa shape index (κ1) is 11.1. The topological polar surface area (TPSA) is 55.3 Å². The number of aromatic nitrogens is 1. The van der Waals surface area contributed by atoms with Crippen LogP contribution in [-0.2, 0) is 6.54 Å². The van der Waals surface area contributed by atoms with Gasteiger partial charge in [0.2, 0.25) is 0 Å². The van der Waals surface area contributed by atoms with Crippen molar-refractivity contribution < 1.29 is 4.42 Å². The van der Waals surface area contributed by atoms with Crippen molar-refractivity contribution in [2.24, 2.45) is 5.73 Å². The Kier molecular flexibility index (Phi) is 3.22. The highest BCUT2D eigenvalue weighted by atomic mass is 16.3. The van der Waals surface area contributed by atoms with Crippen LogP contribution in [0.3, 0.4) is 0 Å². The van der Waals surface area contributed by atoms with Gasteiger partial charge in [0.15, 0.2) is 11.5 Å². The van der Waals surface area contributed by atoms with Crippen molar-refractivity contribution in [3.63, 3.8) is 0 Å². The number of hydrogen-bond donors (Lipinski definition) is 1. The number of rotatable bonds is 4. The third-order valence-corrected chi connectivity index (χ3v) is 2.52. The molecule has 1 aromatic heterocycles. The van der Waals surface area contributed by atoms with Gasteiger partial charge in [-0.2, -0.15) is 0 Å². The number of fused-ring (bicyclic) bond motifs is 1. The van der Waals surface area contributed by atoms with E-state index in [1.54, 1.807) is 0 Å². The molecule has 86 valence electrons. The van der Waals surface area contributed by atoms with Gasteiger partial charge in [-0.05, 0) is 24.7 Å². The van der Waals surface area contributed by atoms with E-state index in [-0.39, 0.29) is 0 Å². The molecule has 2 aromatic rings. The zero-order valence-corrected chi connectivity index (χ0v) is 9.73. The van der Waals surface area contributed by atoms with Gasteiger partial charge in [0, 0.05) is 26.6 Å². The maximum absolute atomic E-state index is 5.51. The molecule has 1 heterocycles. The summed E-state index contributed by atoms with van der Waals surface area (Å²) in [4.78, 5) is 6.51. The van der Waals surface area contributed by atoms with Gasteiger partial charge in [-0.15, -0.1) is 0 Å². The lowest BCUT2D eigenvalue weighted by atomic mass is 10.2. The summed E-state index contributed by atoms with van der Waals surface area (Å²) < 4.78 is 5.43. The average Bonchev–Trinajstić information content (AvgIpc) is 2.57. The number of oxazole rings is 1. The molecule has 0 aliphatic rings. The molecular formula is C12H17N3O. The maximum Gasteiger partial charge on any atom is 0.192 e. The molecule has 0 atom stereocenters. The third kappa shape index (κ3) is 2.40. The zero-order chi connectivity index (χ0) is 11.5. The van der Waals surface area contributed by atoms with E-state index in [1.807, 2.05) is 13.0 Å². The normalized spacial score (nSPS) is 11.5. The van der Waals surface area contributed by atoms with Gasteiger partial charge in [-0.25, -0.2) is 4.98 Å². The fourth-order valence-corrected chi connectivity index (χ4v) is 1.80. The molecule has 0 spiro atoms. The molecule has 2 N–H and O–H groups in total. The molecule has 0 radical (unpaired) electrons. The largest absolute Gasteiger partial charge is 0.441 e. The summed E-state index contributed by atoms with van der Waals surface area (Å²) in [6.45, 7) is 4.33. The molecule has 0 amide bonds. The summed E-state index contributed by atoms with van der Waals surface area (Å²) in [5, 5.41) is 0. The third-order valence-electron chi connectivity index (χ3n) is 2.52. The minimum absolute atomic E-state index is 0.682. The first-order chi connectivity index (χ1) is 7.69. The Hall–Kier alpha value is -1.39. The van der Waals surface area contributed by atoms with E-state index < -0.39 is 0 Å². The second kappa shape index (κ2) is 4.63. The van der Waals surface area contributed by atoms with Crippen LogP contribution in [0.25, 0.3) is 11.1 Å². The molecule has 0 aliphatic carbocycles. The van der Waals surface area contributed by atoms with Gasteiger partial charge in [0.05, 0.1) is 0 Å². The summed E-state index contributed by atoms with van der Waals surface area (Å²) >= 11 is 0. The lowest BCUT2D eigenvalue weighted by Gasteiger charge is -2.14. The molecule has 0 fully saturated rings. The van der Waals surface area contributed by atoms with Crippen LogP contribution in [0.15, 0.2) is 22.6 Å². The molecule has 0 bridgehead atoms. The van der Waals surface area contributed by atoms with Crippen molar-refractivity contribution in [3.05, 3.63) is 29.7 Å². The van der Waals surface area contributed by atoms with Crippen LogP contribution in [0.4, 0.5) is 0 Å². The molecule has 0 saturated carbocycles. The second-order valence-electron chi connectivity index (χ2n) is 4.06. The van der Waals surface area contributed by atoms with Crippen LogP contribution >= 0.6 is 0 Å². The molecule has 0 aliphatic heterocycles. The highest BCUT2D eigenvalue weighted by Gasteiger charge is 2.04. The van der Waals surface area contributed by atoms with Gasteiger partial charge in [0.1, 0.15) is 5.52 Å².